The lowest BCUT2D eigenvalue weighted by Gasteiger charge is -2.14. The number of hydrogen-bond donors (Lipinski definition) is 2. The average Bonchev–Trinajstić information content (AvgIpc) is 2.26. The third-order valence-corrected chi connectivity index (χ3v) is 2.15. The van der Waals surface area contributed by atoms with Crippen LogP contribution < -0.4 is 16.2 Å². The number of amides is 1. The van der Waals surface area contributed by atoms with Crippen molar-refractivity contribution in [3.8, 4) is 5.75 Å². The van der Waals surface area contributed by atoms with Crippen LogP contribution in [0.2, 0.25) is 0 Å². The fourth-order valence-electron chi connectivity index (χ4n) is 1.40. The molecule has 0 bridgehead atoms. The van der Waals surface area contributed by atoms with Crippen LogP contribution in [-0.2, 0) is 17.4 Å². The van der Waals surface area contributed by atoms with Gasteiger partial charge in [0.15, 0.2) is 6.61 Å². The topological polar surface area (TPSA) is 78.3 Å². The Hall–Kier alpha value is -1.76. The number of nitrogens with two attached hydrogens (primary N) is 2. The Morgan fingerprint density at radius 3 is 2.50 bits per heavy atom. The zero-order valence-electron chi connectivity index (χ0n) is 9.46. The number of ether oxygens (including phenoxy) is 1. The summed E-state index contributed by atoms with van der Waals surface area (Å²) in [5.74, 6) is -1.25. The number of hydrogen-bond acceptors (Lipinski definition) is 3. The molecule has 1 aromatic rings. The Morgan fingerprint density at radius 2 is 2.00 bits per heavy atom. The van der Waals surface area contributed by atoms with Crippen molar-refractivity contribution >= 4 is 5.91 Å². The van der Waals surface area contributed by atoms with Gasteiger partial charge in [0, 0.05) is 0 Å². The van der Waals surface area contributed by atoms with E-state index in [1.165, 1.54) is 6.07 Å². The number of alkyl halides is 3. The van der Waals surface area contributed by atoms with E-state index in [0.717, 1.165) is 12.1 Å². The third-order valence-electron chi connectivity index (χ3n) is 2.15. The normalized spacial score (nSPS) is 11.3. The molecule has 0 fully saturated rings. The molecule has 7 heteroatoms. The van der Waals surface area contributed by atoms with Gasteiger partial charge in [-0.05, 0) is 30.7 Å². The molecule has 0 heterocycles. The summed E-state index contributed by atoms with van der Waals surface area (Å²) in [5.41, 5.74) is 9.62. The van der Waals surface area contributed by atoms with E-state index in [2.05, 4.69) is 0 Å². The minimum absolute atomic E-state index is 0.249. The van der Waals surface area contributed by atoms with Gasteiger partial charge in [0.25, 0.3) is 5.91 Å². The van der Waals surface area contributed by atoms with Crippen LogP contribution in [-0.4, -0.2) is 19.1 Å². The third kappa shape index (κ3) is 3.92. The quantitative estimate of drug-likeness (QED) is 0.833. The predicted octanol–water partition coefficient (Wildman–Crippen LogP) is 1.07. The van der Waals surface area contributed by atoms with Crippen molar-refractivity contribution in [2.75, 3.05) is 13.2 Å². The van der Waals surface area contributed by atoms with Crippen molar-refractivity contribution in [1.82, 2.24) is 0 Å². The van der Waals surface area contributed by atoms with Crippen LogP contribution in [0.5, 0.6) is 5.75 Å². The first-order valence-corrected chi connectivity index (χ1v) is 5.16. The Morgan fingerprint density at radius 1 is 1.33 bits per heavy atom. The molecule has 1 aromatic carbocycles. The molecule has 100 valence electrons. The number of halogens is 3. The van der Waals surface area contributed by atoms with E-state index in [0.29, 0.717) is 12.0 Å². The zero-order chi connectivity index (χ0) is 13.8. The van der Waals surface area contributed by atoms with Gasteiger partial charge in [0.1, 0.15) is 5.75 Å². The second-order valence-corrected chi connectivity index (χ2v) is 3.62. The maximum Gasteiger partial charge on any atom is 0.419 e. The summed E-state index contributed by atoms with van der Waals surface area (Å²) in [6, 6.07) is 3.60. The van der Waals surface area contributed by atoms with Crippen molar-refractivity contribution in [2.24, 2.45) is 11.5 Å². The summed E-state index contributed by atoms with van der Waals surface area (Å²) in [5, 5.41) is 0. The maximum atomic E-state index is 12.8. The molecular weight excluding hydrogens is 249 g/mol. The van der Waals surface area contributed by atoms with Gasteiger partial charge >= 0.3 is 6.18 Å². The molecule has 18 heavy (non-hydrogen) atoms. The first-order chi connectivity index (χ1) is 8.34. The van der Waals surface area contributed by atoms with E-state index in [9.17, 15) is 18.0 Å². The Balaban J connectivity index is 3.05. The summed E-state index contributed by atoms with van der Waals surface area (Å²) < 4.78 is 43.0. The molecule has 0 radical (unpaired) electrons. The standard InChI is InChI=1S/C11H13F3N2O2/c12-11(13,14)8-5-7(3-4-15)1-2-9(8)18-6-10(16)17/h1-2,5H,3-4,6,15H2,(H2,16,17). The number of carbonyl (C=O) groups excluding carboxylic acids is 1. The number of primary amides is 1. The first-order valence-electron chi connectivity index (χ1n) is 5.16. The molecule has 0 saturated heterocycles. The SMILES string of the molecule is NCCc1ccc(OCC(N)=O)c(C(F)(F)F)c1. The summed E-state index contributed by atoms with van der Waals surface area (Å²) in [4.78, 5) is 10.5. The van der Waals surface area contributed by atoms with Gasteiger partial charge in [-0.2, -0.15) is 13.2 Å². The monoisotopic (exact) mass is 262 g/mol. The van der Waals surface area contributed by atoms with Gasteiger partial charge in [0.05, 0.1) is 5.56 Å². The summed E-state index contributed by atoms with van der Waals surface area (Å²) >= 11 is 0. The van der Waals surface area contributed by atoms with E-state index in [-0.39, 0.29) is 6.54 Å². The highest BCUT2D eigenvalue weighted by Gasteiger charge is 2.34. The summed E-state index contributed by atoms with van der Waals surface area (Å²) in [7, 11) is 0. The van der Waals surface area contributed by atoms with Crippen molar-refractivity contribution in [2.45, 2.75) is 12.6 Å². The fraction of sp³-hybridized carbons (Fsp3) is 0.364. The van der Waals surface area contributed by atoms with Gasteiger partial charge in [-0.1, -0.05) is 6.07 Å². The summed E-state index contributed by atoms with van der Waals surface area (Å²) in [6.45, 7) is -0.349. The minimum atomic E-state index is -4.56. The van der Waals surface area contributed by atoms with Crippen LogP contribution in [0.15, 0.2) is 18.2 Å². The van der Waals surface area contributed by atoms with E-state index < -0.39 is 30.0 Å². The second-order valence-electron chi connectivity index (χ2n) is 3.62. The van der Waals surface area contributed by atoms with Crippen LogP contribution in [0.4, 0.5) is 13.2 Å². The van der Waals surface area contributed by atoms with Crippen molar-refractivity contribution in [1.29, 1.82) is 0 Å². The zero-order valence-corrected chi connectivity index (χ0v) is 9.46. The van der Waals surface area contributed by atoms with Crippen molar-refractivity contribution < 1.29 is 22.7 Å². The number of rotatable bonds is 5. The molecule has 0 atom stereocenters. The van der Waals surface area contributed by atoms with Crippen LogP contribution >= 0.6 is 0 Å². The molecule has 0 saturated carbocycles. The van der Waals surface area contributed by atoms with E-state index in [4.69, 9.17) is 16.2 Å². The molecule has 0 spiro atoms. The fourth-order valence-corrected chi connectivity index (χ4v) is 1.40. The molecule has 0 unspecified atom stereocenters. The minimum Gasteiger partial charge on any atom is -0.483 e. The molecule has 4 nitrogen and oxygen atoms in total. The van der Waals surface area contributed by atoms with Gasteiger partial charge in [0.2, 0.25) is 0 Å². The highest BCUT2D eigenvalue weighted by atomic mass is 19.4. The Kier molecular flexibility index (Phi) is 4.55. The van der Waals surface area contributed by atoms with Crippen LogP contribution in [0.25, 0.3) is 0 Å². The van der Waals surface area contributed by atoms with E-state index in [1.54, 1.807) is 0 Å². The number of benzene rings is 1. The molecule has 4 N–H and O–H groups in total. The van der Waals surface area contributed by atoms with Crippen molar-refractivity contribution in [3.05, 3.63) is 29.3 Å². The molecule has 1 amide bonds. The van der Waals surface area contributed by atoms with Crippen LogP contribution in [0.3, 0.4) is 0 Å². The van der Waals surface area contributed by atoms with E-state index in [1.807, 2.05) is 0 Å². The average molecular weight is 262 g/mol. The largest absolute Gasteiger partial charge is 0.483 e. The highest BCUT2D eigenvalue weighted by molar-refractivity contribution is 5.75. The Bertz CT molecular complexity index is 433. The van der Waals surface area contributed by atoms with Gasteiger partial charge in [-0.3, -0.25) is 4.79 Å². The lowest BCUT2D eigenvalue weighted by Crippen LogP contribution is -2.21. The maximum absolute atomic E-state index is 12.8. The van der Waals surface area contributed by atoms with Gasteiger partial charge < -0.3 is 16.2 Å². The molecule has 0 aliphatic carbocycles. The highest BCUT2D eigenvalue weighted by Crippen LogP contribution is 2.36. The van der Waals surface area contributed by atoms with Crippen LogP contribution in [0.1, 0.15) is 11.1 Å². The van der Waals surface area contributed by atoms with Gasteiger partial charge in [-0.25, -0.2) is 0 Å². The van der Waals surface area contributed by atoms with Crippen LogP contribution in [0, 0.1) is 0 Å². The summed E-state index contributed by atoms with van der Waals surface area (Å²) in [6.07, 6.45) is -4.23. The molecule has 0 aliphatic rings. The molecule has 0 aliphatic heterocycles. The lowest BCUT2D eigenvalue weighted by atomic mass is 10.1. The smallest absolute Gasteiger partial charge is 0.419 e. The first kappa shape index (κ1) is 14.3. The molecule has 0 aromatic heterocycles. The number of carbonyl (C=O) groups is 1. The predicted molar refractivity (Wildman–Crippen MR) is 58.9 cm³/mol. The van der Waals surface area contributed by atoms with Crippen molar-refractivity contribution in [3.63, 3.8) is 0 Å². The molecular formula is C11H13F3N2O2. The van der Waals surface area contributed by atoms with Gasteiger partial charge in [-0.15, -0.1) is 0 Å². The second kappa shape index (κ2) is 5.72. The Labute approximate surface area is 102 Å². The lowest BCUT2D eigenvalue weighted by molar-refractivity contribution is -0.139. The van der Waals surface area contributed by atoms with E-state index >= 15 is 0 Å². The molecule has 1 rings (SSSR count).